The van der Waals surface area contributed by atoms with E-state index in [0.29, 0.717) is 22.9 Å². The topological polar surface area (TPSA) is 70.2 Å². The van der Waals surface area contributed by atoms with Crippen LogP contribution in [0.1, 0.15) is 45.8 Å². The fourth-order valence-electron chi connectivity index (χ4n) is 3.87. The normalized spacial score (nSPS) is 23.0. The van der Waals surface area contributed by atoms with Gasteiger partial charge < -0.3 is 13.7 Å². The lowest BCUT2D eigenvalue weighted by molar-refractivity contribution is -0.152. The van der Waals surface area contributed by atoms with Crippen molar-refractivity contribution < 1.29 is 13.9 Å². The molecule has 1 fully saturated rings. The van der Waals surface area contributed by atoms with Gasteiger partial charge in [0.1, 0.15) is 11.9 Å². The van der Waals surface area contributed by atoms with E-state index in [0.717, 1.165) is 30.0 Å². The second-order valence-electron chi connectivity index (χ2n) is 7.90. The maximum atomic E-state index is 12.4. The highest BCUT2D eigenvalue weighted by Gasteiger charge is 2.33. The van der Waals surface area contributed by atoms with E-state index in [1.165, 1.54) is 18.2 Å². The van der Waals surface area contributed by atoms with Crippen LogP contribution in [0.15, 0.2) is 21.9 Å². The third-order valence-corrected chi connectivity index (χ3v) is 6.49. The summed E-state index contributed by atoms with van der Waals surface area (Å²) in [6.07, 6.45) is 5.00. The van der Waals surface area contributed by atoms with Gasteiger partial charge in [-0.15, -0.1) is 10.2 Å². The molecule has 0 amide bonds. The van der Waals surface area contributed by atoms with Crippen LogP contribution in [-0.4, -0.2) is 32.6 Å². The molecular weight excluding hydrogens is 362 g/mol. The molecule has 3 rings (SSSR count). The van der Waals surface area contributed by atoms with E-state index < -0.39 is 0 Å². The molecule has 0 unspecified atom stereocenters. The second kappa shape index (κ2) is 8.50. The minimum absolute atomic E-state index is 0.0329. The number of furan rings is 1. The Bertz CT molecular complexity index is 783. The smallest absolute Gasteiger partial charge is 0.316 e. The van der Waals surface area contributed by atoms with Crippen LogP contribution in [0.2, 0.25) is 0 Å². The van der Waals surface area contributed by atoms with Gasteiger partial charge in [-0.25, -0.2) is 0 Å². The van der Waals surface area contributed by atoms with Crippen molar-refractivity contribution in [2.24, 2.45) is 24.8 Å². The first-order valence-corrected chi connectivity index (χ1v) is 10.6. The van der Waals surface area contributed by atoms with Gasteiger partial charge >= 0.3 is 5.97 Å². The molecule has 1 aliphatic carbocycles. The number of rotatable bonds is 6. The number of esters is 1. The molecule has 0 radical (unpaired) electrons. The first-order chi connectivity index (χ1) is 12.9. The summed E-state index contributed by atoms with van der Waals surface area (Å²) in [7, 11) is 1.90. The molecule has 0 bridgehead atoms. The fourth-order valence-corrected chi connectivity index (χ4v) is 4.56. The van der Waals surface area contributed by atoms with Crippen molar-refractivity contribution in [2.45, 2.75) is 58.2 Å². The minimum atomic E-state index is -0.172. The average Bonchev–Trinajstić information content (AvgIpc) is 3.18. The molecule has 0 spiro atoms. The molecule has 7 heteroatoms. The molecule has 27 heavy (non-hydrogen) atoms. The zero-order valence-electron chi connectivity index (χ0n) is 16.8. The first-order valence-electron chi connectivity index (χ1n) is 9.63. The predicted molar refractivity (Wildman–Crippen MR) is 105 cm³/mol. The molecule has 2 aromatic rings. The molecule has 3 atom stereocenters. The Morgan fingerprint density at radius 1 is 1.41 bits per heavy atom. The van der Waals surface area contributed by atoms with Crippen LogP contribution in [-0.2, 0) is 16.6 Å². The Morgan fingerprint density at radius 3 is 2.85 bits per heavy atom. The Balaban J connectivity index is 1.59. The molecule has 0 N–H and O–H groups in total. The standard InChI is InChI=1S/C20H29N3O3S/c1-12(2)15-7-6-13(3)10-17(15)26-18(24)11-27-20-22-21-19(23(20)5)16-8-9-25-14(16)4/h8-9,12-13,15,17H,6-7,10-11H2,1-5H3/t13-,15-,17-/m0/s1. The molecule has 2 aromatic heterocycles. The number of carbonyl (C=O) groups is 1. The van der Waals surface area contributed by atoms with Crippen molar-refractivity contribution in [3.05, 3.63) is 18.1 Å². The summed E-state index contributed by atoms with van der Waals surface area (Å²) >= 11 is 1.36. The van der Waals surface area contributed by atoms with Gasteiger partial charge in [-0.05, 0) is 43.6 Å². The van der Waals surface area contributed by atoms with Gasteiger partial charge in [0.05, 0.1) is 17.6 Å². The lowest BCUT2D eigenvalue weighted by atomic mass is 9.75. The third kappa shape index (κ3) is 4.57. The van der Waals surface area contributed by atoms with Gasteiger partial charge in [0.2, 0.25) is 0 Å². The molecule has 1 saturated carbocycles. The SMILES string of the molecule is Cc1occc1-c1nnc(SCC(=O)O[C@H]2C[C@@H](C)CC[C@H]2C(C)C)n1C. The summed E-state index contributed by atoms with van der Waals surface area (Å²) in [5.41, 5.74) is 0.912. The number of aryl methyl sites for hydroxylation is 1. The lowest BCUT2D eigenvalue weighted by Crippen LogP contribution is -2.36. The largest absolute Gasteiger partial charge is 0.469 e. The highest BCUT2D eigenvalue weighted by molar-refractivity contribution is 7.99. The number of thioether (sulfide) groups is 1. The van der Waals surface area contributed by atoms with Crippen LogP contribution >= 0.6 is 11.8 Å². The lowest BCUT2D eigenvalue weighted by Gasteiger charge is -2.36. The Labute approximate surface area is 165 Å². The summed E-state index contributed by atoms with van der Waals surface area (Å²) in [5.74, 6) is 3.21. The third-order valence-electron chi connectivity index (χ3n) is 5.50. The number of nitrogens with zero attached hydrogens (tertiary/aromatic N) is 3. The zero-order chi connectivity index (χ0) is 19.6. The number of aromatic nitrogens is 3. The maximum Gasteiger partial charge on any atom is 0.316 e. The van der Waals surface area contributed by atoms with Crippen molar-refractivity contribution in [3.8, 4) is 11.4 Å². The molecule has 2 heterocycles. The molecule has 6 nitrogen and oxygen atoms in total. The average molecular weight is 392 g/mol. The fraction of sp³-hybridized carbons (Fsp3) is 0.650. The van der Waals surface area contributed by atoms with Gasteiger partial charge in [-0.3, -0.25) is 4.79 Å². The zero-order valence-corrected chi connectivity index (χ0v) is 17.6. The van der Waals surface area contributed by atoms with Crippen LogP contribution in [0.4, 0.5) is 0 Å². The number of carbonyl (C=O) groups excluding carboxylic acids is 1. The van der Waals surface area contributed by atoms with E-state index >= 15 is 0 Å². The van der Waals surface area contributed by atoms with Crippen LogP contribution < -0.4 is 0 Å². The first kappa shape index (κ1) is 20.0. The van der Waals surface area contributed by atoms with Crippen molar-refractivity contribution >= 4 is 17.7 Å². The van der Waals surface area contributed by atoms with Gasteiger partial charge in [0.25, 0.3) is 0 Å². The molecule has 0 aromatic carbocycles. The monoisotopic (exact) mass is 391 g/mol. The van der Waals surface area contributed by atoms with E-state index in [9.17, 15) is 4.79 Å². The van der Waals surface area contributed by atoms with Gasteiger partial charge in [0.15, 0.2) is 11.0 Å². The Morgan fingerprint density at radius 2 is 2.19 bits per heavy atom. The quantitative estimate of drug-likeness (QED) is 0.534. The number of hydrogen-bond acceptors (Lipinski definition) is 6. The summed E-state index contributed by atoms with van der Waals surface area (Å²) in [6, 6.07) is 1.87. The highest BCUT2D eigenvalue weighted by Crippen LogP contribution is 2.35. The molecule has 1 aliphatic rings. The van der Waals surface area contributed by atoms with Crippen molar-refractivity contribution in [1.82, 2.24) is 14.8 Å². The maximum absolute atomic E-state index is 12.4. The van der Waals surface area contributed by atoms with E-state index in [1.807, 2.05) is 24.6 Å². The van der Waals surface area contributed by atoms with Crippen molar-refractivity contribution in [3.63, 3.8) is 0 Å². The van der Waals surface area contributed by atoms with Gasteiger partial charge in [0, 0.05) is 7.05 Å². The summed E-state index contributed by atoms with van der Waals surface area (Å²) < 4.78 is 13.1. The van der Waals surface area contributed by atoms with Crippen LogP contribution in [0.25, 0.3) is 11.4 Å². The van der Waals surface area contributed by atoms with E-state index in [1.54, 1.807) is 6.26 Å². The minimum Gasteiger partial charge on any atom is -0.469 e. The molecular formula is C20H29N3O3S. The van der Waals surface area contributed by atoms with Crippen LogP contribution in [0, 0.1) is 24.7 Å². The number of ether oxygens (including phenoxy) is 1. The second-order valence-corrected chi connectivity index (χ2v) is 8.84. The molecule has 0 aliphatic heterocycles. The van der Waals surface area contributed by atoms with Crippen molar-refractivity contribution in [1.29, 1.82) is 0 Å². The van der Waals surface area contributed by atoms with E-state index in [4.69, 9.17) is 9.15 Å². The predicted octanol–water partition coefficient (Wildman–Crippen LogP) is 4.48. The molecule has 0 saturated heterocycles. The van der Waals surface area contributed by atoms with Crippen LogP contribution in [0.5, 0.6) is 0 Å². The van der Waals surface area contributed by atoms with E-state index in [2.05, 4.69) is 31.0 Å². The van der Waals surface area contributed by atoms with Gasteiger partial charge in [-0.2, -0.15) is 0 Å². The van der Waals surface area contributed by atoms with Crippen molar-refractivity contribution in [2.75, 3.05) is 5.75 Å². The Hall–Kier alpha value is -1.76. The van der Waals surface area contributed by atoms with E-state index in [-0.39, 0.29) is 17.8 Å². The Kier molecular flexibility index (Phi) is 6.29. The number of hydrogen-bond donors (Lipinski definition) is 0. The van der Waals surface area contributed by atoms with Gasteiger partial charge in [-0.1, -0.05) is 39.0 Å². The molecule has 148 valence electrons. The summed E-state index contributed by atoms with van der Waals surface area (Å²) in [4.78, 5) is 12.4. The van der Waals surface area contributed by atoms with Crippen LogP contribution in [0.3, 0.4) is 0 Å². The summed E-state index contributed by atoms with van der Waals surface area (Å²) in [6.45, 7) is 8.57. The highest BCUT2D eigenvalue weighted by atomic mass is 32.2. The summed E-state index contributed by atoms with van der Waals surface area (Å²) in [5, 5.41) is 9.15.